The lowest BCUT2D eigenvalue weighted by atomic mass is 9.88. The highest BCUT2D eigenvalue weighted by Crippen LogP contribution is 2.39. The van der Waals surface area contributed by atoms with Crippen molar-refractivity contribution in [3.8, 4) is 17.2 Å². The zero-order valence-electron chi connectivity index (χ0n) is 17.3. The van der Waals surface area contributed by atoms with Gasteiger partial charge in [-0.25, -0.2) is 4.79 Å². The Bertz CT molecular complexity index is 1110. The van der Waals surface area contributed by atoms with E-state index in [4.69, 9.17) is 18.6 Å². The minimum Gasteiger partial charge on any atom is -0.507 e. The lowest BCUT2D eigenvalue weighted by Crippen LogP contribution is -2.18. The molecule has 0 spiro atoms. The number of aromatic hydroxyl groups is 1. The van der Waals surface area contributed by atoms with Crippen LogP contribution in [0.3, 0.4) is 0 Å². The molecule has 0 bridgehead atoms. The van der Waals surface area contributed by atoms with E-state index in [0.29, 0.717) is 22.4 Å². The number of carbonyl (C=O) groups is 1. The van der Waals surface area contributed by atoms with Gasteiger partial charge in [0.15, 0.2) is 11.5 Å². The monoisotopic (exact) mass is 412 g/mol. The molecule has 7 nitrogen and oxygen atoms in total. The van der Waals surface area contributed by atoms with Crippen molar-refractivity contribution in [2.45, 2.75) is 32.3 Å². The molecular weight excluding hydrogens is 388 g/mol. The first-order chi connectivity index (χ1) is 14.3. The van der Waals surface area contributed by atoms with Crippen molar-refractivity contribution in [3.05, 3.63) is 64.0 Å². The van der Waals surface area contributed by atoms with Gasteiger partial charge in [0.2, 0.25) is 0 Å². The molecule has 3 aromatic rings. The Morgan fingerprint density at radius 2 is 1.83 bits per heavy atom. The zero-order valence-corrected chi connectivity index (χ0v) is 17.3. The fraction of sp³-hybridized carbons (Fsp3) is 0.304. The van der Waals surface area contributed by atoms with Crippen LogP contribution in [0.2, 0.25) is 0 Å². The van der Waals surface area contributed by atoms with Crippen molar-refractivity contribution in [1.82, 2.24) is 0 Å². The highest BCUT2D eigenvalue weighted by molar-refractivity contribution is 5.84. The first kappa shape index (κ1) is 21.2. The molecule has 0 saturated heterocycles. The van der Waals surface area contributed by atoms with Crippen LogP contribution in [-0.2, 0) is 9.53 Å². The van der Waals surface area contributed by atoms with Crippen LogP contribution in [-0.4, -0.2) is 31.4 Å². The van der Waals surface area contributed by atoms with Gasteiger partial charge in [-0.05, 0) is 43.7 Å². The standard InChI is InChI=1S/C23H24O7/c1-13(2)29-18-10-9-14(11-19(18)27-3)16(12-20(24)28-4)21-22(25)15-7-5-6-8-17(15)30-23(21)26/h5-11,13,16,25H,12H2,1-4H3. The Hall–Kier alpha value is -3.48. The number of hydrogen-bond donors (Lipinski definition) is 1. The molecule has 1 N–H and O–H groups in total. The maximum Gasteiger partial charge on any atom is 0.343 e. The number of rotatable bonds is 7. The van der Waals surface area contributed by atoms with Gasteiger partial charge in [-0.15, -0.1) is 0 Å². The van der Waals surface area contributed by atoms with Gasteiger partial charge < -0.3 is 23.7 Å². The maximum atomic E-state index is 12.8. The molecule has 0 amide bonds. The molecule has 0 aliphatic carbocycles. The van der Waals surface area contributed by atoms with E-state index in [1.165, 1.54) is 14.2 Å². The number of carbonyl (C=O) groups excluding carboxylic acids is 1. The van der Waals surface area contributed by atoms with Gasteiger partial charge in [0.25, 0.3) is 0 Å². The van der Waals surface area contributed by atoms with E-state index in [0.717, 1.165) is 0 Å². The van der Waals surface area contributed by atoms with E-state index >= 15 is 0 Å². The third-order valence-corrected chi connectivity index (χ3v) is 4.72. The number of hydrogen-bond acceptors (Lipinski definition) is 7. The minimum absolute atomic E-state index is 0.0151. The predicted octanol–water partition coefficient (Wildman–Crippen LogP) is 3.99. The van der Waals surface area contributed by atoms with Crippen LogP contribution in [0.25, 0.3) is 11.0 Å². The summed E-state index contributed by atoms with van der Waals surface area (Å²) in [7, 11) is 2.77. The highest BCUT2D eigenvalue weighted by atomic mass is 16.5. The summed E-state index contributed by atoms with van der Waals surface area (Å²) in [5.41, 5.74) is 0.102. The summed E-state index contributed by atoms with van der Waals surface area (Å²) in [6.45, 7) is 3.79. The summed E-state index contributed by atoms with van der Waals surface area (Å²) in [4.78, 5) is 24.9. The molecule has 158 valence electrons. The summed E-state index contributed by atoms with van der Waals surface area (Å²) >= 11 is 0. The van der Waals surface area contributed by atoms with Crippen LogP contribution >= 0.6 is 0 Å². The molecule has 0 aliphatic heterocycles. The molecule has 0 fully saturated rings. The zero-order chi connectivity index (χ0) is 21.8. The molecule has 1 atom stereocenters. The average molecular weight is 412 g/mol. The van der Waals surface area contributed by atoms with Gasteiger partial charge in [-0.2, -0.15) is 0 Å². The first-order valence-electron chi connectivity index (χ1n) is 9.51. The Kier molecular flexibility index (Phi) is 6.30. The number of methoxy groups -OCH3 is 2. The summed E-state index contributed by atoms with van der Waals surface area (Å²) in [5.74, 6) is -0.588. The van der Waals surface area contributed by atoms with Crippen LogP contribution in [0.15, 0.2) is 51.7 Å². The van der Waals surface area contributed by atoms with Crippen LogP contribution < -0.4 is 15.1 Å². The van der Waals surface area contributed by atoms with Crippen LogP contribution in [0.4, 0.5) is 0 Å². The second-order valence-corrected chi connectivity index (χ2v) is 7.06. The van der Waals surface area contributed by atoms with Crippen LogP contribution in [0.5, 0.6) is 17.2 Å². The molecule has 1 unspecified atom stereocenters. The van der Waals surface area contributed by atoms with Gasteiger partial charge >= 0.3 is 11.6 Å². The van der Waals surface area contributed by atoms with E-state index in [1.807, 2.05) is 13.8 Å². The second-order valence-electron chi connectivity index (χ2n) is 7.06. The summed E-state index contributed by atoms with van der Waals surface area (Å²) < 4.78 is 21.4. The van der Waals surface area contributed by atoms with Crippen molar-refractivity contribution in [3.63, 3.8) is 0 Å². The van der Waals surface area contributed by atoms with Gasteiger partial charge in [-0.1, -0.05) is 18.2 Å². The molecule has 0 aliphatic rings. The third kappa shape index (κ3) is 4.25. The third-order valence-electron chi connectivity index (χ3n) is 4.72. The molecule has 30 heavy (non-hydrogen) atoms. The van der Waals surface area contributed by atoms with Gasteiger partial charge in [0.1, 0.15) is 11.3 Å². The lowest BCUT2D eigenvalue weighted by Gasteiger charge is -2.20. The molecule has 3 rings (SSSR count). The van der Waals surface area contributed by atoms with Crippen molar-refractivity contribution in [2.75, 3.05) is 14.2 Å². The number of benzene rings is 2. The molecular formula is C23H24O7. The fourth-order valence-electron chi connectivity index (χ4n) is 3.34. The Morgan fingerprint density at radius 3 is 2.50 bits per heavy atom. The van der Waals surface area contributed by atoms with Gasteiger partial charge in [0, 0.05) is 5.92 Å². The summed E-state index contributed by atoms with van der Waals surface area (Å²) in [6, 6.07) is 11.8. The predicted molar refractivity (Wildman–Crippen MR) is 111 cm³/mol. The number of fused-ring (bicyclic) bond motifs is 1. The Morgan fingerprint density at radius 1 is 1.10 bits per heavy atom. The van der Waals surface area contributed by atoms with Crippen molar-refractivity contribution in [1.29, 1.82) is 0 Å². The largest absolute Gasteiger partial charge is 0.507 e. The van der Waals surface area contributed by atoms with E-state index in [-0.39, 0.29) is 29.4 Å². The van der Waals surface area contributed by atoms with E-state index in [9.17, 15) is 14.7 Å². The average Bonchev–Trinajstić information content (AvgIpc) is 2.72. The lowest BCUT2D eigenvalue weighted by molar-refractivity contribution is -0.140. The van der Waals surface area contributed by atoms with Crippen LogP contribution in [0.1, 0.15) is 37.3 Å². The van der Waals surface area contributed by atoms with Crippen molar-refractivity contribution < 1.29 is 28.5 Å². The molecule has 0 saturated carbocycles. The van der Waals surface area contributed by atoms with Gasteiger partial charge in [0.05, 0.1) is 37.7 Å². The molecule has 7 heteroatoms. The normalized spacial score (nSPS) is 12.0. The van der Waals surface area contributed by atoms with Crippen LogP contribution in [0, 0.1) is 0 Å². The first-order valence-corrected chi connectivity index (χ1v) is 9.51. The smallest absolute Gasteiger partial charge is 0.343 e. The quantitative estimate of drug-likeness (QED) is 0.463. The highest BCUT2D eigenvalue weighted by Gasteiger charge is 2.28. The molecule has 0 radical (unpaired) electrons. The second kappa shape index (κ2) is 8.90. The topological polar surface area (TPSA) is 95.2 Å². The Balaban J connectivity index is 2.19. The van der Waals surface area contributed by atoms with Crippen molar-refractivity contribution >= 4 is 16.9 Å². The number of esters is 1. The van der Waals surface area contributed by atoms with E-state index in [2.05, 4.69) is 0 Å². The maximum absolute atomic E-state index is 12.8. The molecule has 1 aromatic heterocycles. The number of para-hydroxylation sites is 1. The Labute approximate surface area is 173 Å². The number of ether oxygens (including phenoxy) is 3. The summed E-state index contributed by atoms with van der Waals surface area (Å²) in [6.07, 6.45) is -0.229. The van der Waals surface area contributed by atoms with Crippen molar-refractivity contribution in [2.24, 2.45) is 0 Å². The van der Waals surface area contributed by atoms with Gasteiger partial charge in [-0.3, -0.25) is 4.79 Å². The summed E-state index contributed by atoms with van der Waals surface area (Å²) in [5, 5.41) is 11.3. The SMILES string of the molecule is COC(=O)CC(c1ccc(OC(C)C)c(OC)c1)c1c(O)c2ccccc2oc1=O. The molecule has 1 heterocycles. The fourth-order valence-corrected chi connectivity index (χ4v) is 3.34. The minimum atomic E-state index is -0.805. The van der Waals surface area contributed by atoms with E-state index < -0.39 is 17.5 Å². The van der Waals surface area contributed by atoms with E-state index in [1.54, 1.807) is 42.5 Å². The molecule has 2 aromatic carbocycles.